The van der Waals surface area contributed by atoms with Crippen LogP contribution in [0.2, 0.25) is 0 Å². The van der Waals surface area contributed by atoms with Crippen molar-refractivity contribution in [3.05, 3.63) is 0 Å². The van der Waals surface area contributed by atoms with E-state index in [2.05, 4.69) is 44.8 Å². The summed E-state index contributed by atoms with van der Waals surface area (Å²) in [6, 6.07) is 1.53. The molecule has 3 nitrogen and oxygen atoms in total. The third-order valence-electron chi connectivity index (χ3n) is 5.12. The van der Waals surface area contributed by atoms with Crippen LogP contribution in [0.3, 0.4) is 0 Å². The van der Waals surface area contributed by atoms with E-state index >= 15 is 0 Å². The third-order valence-corrected chi connectivity index (χ3v) is 5.12. The second-order valence-electron chi connectivity index (χ2n) is 8.07. The minimum atomic E-state index is 0.191. The van der Waals surface area contributed by atoms with Crippen molar-refractivity contribution < 1.29 is 4.74 Å². The Bertz CT molecular complexity index is 305. The molecule has 2 heterocycles. The summed E-state index contributed by atoms with van der Waals surface area (Å²) in [5, 5.41) is 3.72. The van der Waals surface area contributed by atoms with Gasteiger partial charge in [-0.2, -0.15) is 0 Å². The summed E-state index contributed by atoms with van der Waals surface area (Å²) in [4.78, 5) is 2.76. The van der Waals surface area contributed by atoms with Gasteiger partial charge in [-0.15, -0.1) is 0 Å². The van der Waals surface area contributed by atoms with Crippen molar-refractivity contribution in [3.8, 4) is 0 Å². The predicted molar refractivity (Wildman–Crippen MR) is 85.1 cm³/mol. The lowest BCUT2D eigenvalue weighted by Gasteiger charge is -2.39. The number of nitrogens with one attached hydrogen (secondary N) is 1. The highest BCUT2D eigenvalue weighted by Gasteiger charge is 2.41. The first-order valence-electron chi connectivity index (χ1n) is 8.44. The van der Waals surface area contributed by atoms with Gasteiger partial charge in [0.25, 0.3) is 0 Å². The minimum absolute atomic E-state index is 0.191. The Labute approximate surface area is 125 Å². The summed E-state index contributed by atoms with van der Waals surface area (Å²) < 4.78 is 5.77. The molecule has 2 aliphatic heterocycles. The van der Waals surface area contributed by atoms with Crippen LogP contribution in [0.25, 0.3) is 0 Å². The van der Waals surface area contributed by atoms with Crippen LogP contribution < -0.4 is 5.32 Å². The van der Waals surface area contributed by atoms with Gasteiger partial charge in [0.1, 0.15) is 0 Å². The Morgan fingerprint density at radius 2 is 2.05 bits per heavy atom. The summed E-state index contributed by atoms with van der Waals surface area (Å²) in [7, 11) is 0. The Morgan fingerprint density at radius 1 is 1.30 bits per heavy atom. The molecular formula is C17H34N2O. The van der Waals surface area contributed by atoms with Crippen LogP contribution in [0.5, 0.6) is 0 Å². The number of rotatable bonds is 5. The fourth-order valence-electron chi connectivity index (χ4n) is 3.66. The lowest BCUT2D eigenvalue weighted by atomic mass is 9.85. The van der Waals surface area contributed by atoms with Crippen LogP contribution in [0.4, 0.5) is 0 Å². The molecule has 118 valence electrons. The summed E-state index contributed by atoms with van der Waals surface area (Å²) in [6.07, 6.45) is 5.23. The molecule has 2 rings (SSSR count). The maximum Gasteiger partial charge on any atom is 0.0547 e. The number of nitrogens with zero attached hydrogens (tertiary/aromatic N) is 1. The molecule has 0 amide bonds. The van der Waals surface area contributed by atoms with Crippen LogP contribution in [-0.4, -0.2) is 48.8 Å². The van der Waals surface area contributed by atoms with Crippen molar-refractivity contribution >= 4 is 0 Å². The molecule has 20 heavy (non-hydrogen) atoms. The van der Waals surface area contributed by atoms with E-state index in [0.29, 0.717) is 5.41 Å². The summed E-state index contributed by atoms with van der Waals surface area (Å²) >= 11 is 0. The number of hydrogen-bond acceptors (Lipinski definition) is 3. The van der Waals surface area contributed by atoms with Crippen molar-refractivity contribution in [2.45, 2.75) is 77.9 Å². The Morgan fingerprint density at radius 3 is 2.60 bits per heavy atom. The van der Waals surface area contributed by atoms with Gasteiger partial charge < -0.3 is 10.1 Å². The molecule has 3 unspecified atom stereocenters. The van der Waals surface area contributed by atoms with Gasteiger partial charge in [-0.3, -0.25) is 4.90 Å². The molecule has 0 bridgehead atoms. The predicted octanol–water partition coefficient (Wildman–Crippen LogP) is 3.04. The molecule has 2 saturated heterocycles. The van der Waals surface area contributed by atoms with E-state index in [9.17, 15) is 0 Å². The van der Waals surface area contributed by atoms with E-state index in [1.165, 1.54) is 32.2 Å². The van der Waals surface area contributed by atoms with Gasteiger partial charge in [0.15, 0.2) is 0 Å². The average molecular weight is 282 g/mol. The van der Waals surface area contributed by atoms with Crippen molar-refractivity contribution in [2.75, 3.05) is 26.3 Å². The first kappa shape index (κ1) is 16.3. The average Bonchev–Trinajstić information content (AvgIpc) is 2.96. The smallest absolute Gasteiger partial charge is 0.0547 e. The molecule has 2 aliphatic rings. The van der Waals surface area contributed by atoms with Gasteiger partial charge >= 0.3 is 0 Å². The molecule has 0 saturated carbocycles. The zero-order valence-corrected chi connectivity index (χ0v) is 14.2. The Kier molecular flexibility index (Phi) is 5.14. The second kappa shape index (κ2) is 6.33. The fourth-order valence-corrected chi connectivity index (χ4v) is 3.66. The Balaban J connectivity index is 2.01. The van der Waals surface area contributed by atoms with E-state index in [0.717, 1.165) is 31.8 Å². The van der Waals surface area contributed by atoms with E-state index in [-0.39, 0.29) is 5.54 Å². The first-order chi connectivity index (χ1) is 9.35. The number of hydrogen-bond donors (Lipinski definition) is 1. The van der Waals surface area contributed by atoms with Crippen molar-refractivity contribution in [3.63, 3.8) is 0 Å². The van der Waals surface area contributed by atoms with Gasteiger partial charge in [0.2, 0.25) is 0 Å². The molecule has 2 fully saturated rings. The summed E-state index contributed by atoms with van der Waals surface area (Å²) in [5.74, 6) is 0. The van der Waals surface area contributed by atoms with E-state index in [1.54, 1.807) is 0 Å². The van der Waals surface area contributed by atoms with Gasteiger partial charge in [0, 0.05) is 42.7 Å². The van der Waals surface area contributed by atoms with Crippen LogP contribution in [-0.2, 0) is 4.74 Å². The highest BCUT2D eigenvalue weighted by atomic mass is 16.5. The monoisotopic (exact) mass is 282 g/mol. The SMILES string of the molecule is CCC1CCC(C)N1CC1(CNC(C)(C)C)CCOC1. The fraction of sp³-hybridized carbons (Fsp3) is 1.00. The van der Waals surface area contributed by atoms with Crippen molar-refractivity contribution in [2.24, 2.45) is 5.41 Å². The minimum Gasteiger partial charge on any atom is -0.381 e. The molecule has 0 aromatic carbocycles. The molecule has 3 heteroatoms. The Hall–Kier alpha value is -0.120. The van der Waals surface area contributed by atoms with Crippen LogP contribution in [0.1, 0.15) is 60.3 Å². The number of likely N-dealkylation sites (tertiary alicyclic amines) is 1. The molecule has 0 aliphatic carbocycles. The highest BCUT2D eigenvalue weighted by molar-refractivity contribution is 4.95. The molecule has 0 aromatic heterocycles. The van der Waals surface area contributed by atoms with Gasteiger partial charge in [-0.05, 0) is 53.4 Å². The van der Waals surface area contributed by atoms with Crippen LogP contribution >= 0.6 is 0 Å². The zero-order chi connectivity index (χ0) is 14.8. The molecular weight excluding hydrogens is 248 g/mol. The van der Waals surface area contributed by atoms with Crippen LogP contribution in [0.15, 0.2) is 0 Å². The largest absolute Gasteiger partial charge is 0.381 e. The van der Waals surface area contributed by atoms with Gasteiger partial charge in [-0.1, -0.05) is 6.92 Å². The van der Waals surface area contributed by atoms with E-state index < -0.39 is 0 Å². The van der Waals surface area contributed by atoms with E-state index in [1.807, 2.05) is 0 Å². The third kappa shape index (κ3) is 3.96. The normalized spacial score (nSPS) is 35.9. The van der Waals surface area contributed by atoms with Crippen LogP contribution in [0, 0.1) is 5.41 Å². The summed E-state index contributed by atoms with van der Waals surface area (Å²) in [6.45, 7) is 15.6. The maximum absolute atomic E-state index is 5.77. The van der Waals surface area contributed by atoms with Crippen molar-refractivity contribution in [1.29, 1.82) is 0 Å². The lowest BCUT2D eigenvalue weighted by Crippen LogP contribution is -2.51. The lowest BCUT2D eigenvalue weighted by molar-refractivity contribution is 0.0795. The second-order valence-corrected chi connectivity index (χ2v) is 8.07. The highest BCUT2D eigenvalue weighted by Crippen LogP contribution is 2.35. The number of ether oxygens (including phenoxy) is 1. The molecule has 0 aromatic rings. The van der Waals surface area contributed by atoms with Crippen molar-refractivity contribution in [1.82, 2.24) is 10.2 Å². The standard InChI is InChI=1S/C17H34N2O/c1-6-15-8-7-14(2)19(15)12-17(9-10-20-13-17)11-18-16(3,4)5/h14-15,18H,6-13H2,1-5H3. The maximum atomic E-state index is 5.77. The van der Waals surface area contributed by atoms with Gasteiger partial charge in [-0.25, -0.2) is 0 Å². The quantitative estimate of drug-likeness (QED) is 0.839. The zero-order valence-electron chi connectivity index (χ0n) is 14.2. The first-order valence-corrected chi connectivity index (χ1v) is 8.44. The van der Waals surface area contributed by atoms with E-state index in [4.69, 9.17) is 4.74 Å². The molecule has 3 atom stereocenters. The topological polar surface area (TPSA) is 24.5 Å². The molecule has 1 N–H and O–H groups in total. The van der Waals surface area contributed by atoms with Gasteiger partial charge in [0.05, 0.1) is 6.61 Å². The molecule has 0 radical (unpaired) electrons. The molecule has 0 spiro atoms. The summed E-state index contributed by atoms with van der Waals surface area (Å²) in [5.41, 5.74) is 0.510.